The molecular weight excluding hydrogens is 282 g/mol. The zero-order valence-corrected chi connectivity index (χ0v) is 12.3. The van der Waals surface area contributed by atoms with E-state index in [0.29, 0.717) is 11.5 Å². The van der Waals surface area contributed by atoms with Crippen molar-refractivity contribution in [3.8, 4) is 0 Å². The van der Waals surface area contributed by atoms with Gasteiger partial charge in [-0.15, -0.1) is 0 Å². The van der Waals surface area contributed by atoms with Crippen LogP contribution in [0.3, 0.4) is 0 Å². The van der Waals surface area contributed by atoms with Gasteiger partial charge in [0.15, 0.2) is 0 Å². The van der Waals surface area contributed by atoms with Gasteiger partial charge in [-0.1, -0.05) is 12.1 Å². The van der Waals surface area contributed by atoms with Crippen molar-refractivity contribution in [3.05, 3.63) is 46.0 Å². The van der Waals surface area contributed by atoms with Crippen LogP contribution in [-0.4, -0.2) is 41.4 Å². The molecule has 4 rings (SSSR count). The maximum Gasteiger partial charge on any atom is 0.276 e. The van der Waals surface area contributed by atoms with Crippen LogP contribution in [0.1, 0.15) is 18.4 Å². The Balaban J connectivity index is 1.63. The fourth-order valence-electron chi connectivity index (χ4n) is 3.32. The zero-order chi connectivity index (χ0) is 15.5. The van der Waals surface area contributed by atoms with Gasteiger partial charge in [-0.05, 0) is 44.0 Å². The lowest BCUT2D eigenvalue weighted by Crippen LogP contribution is -2.57. The van der Waals surface area contributed by atoms with E-state index in [1.54, 1.807) is 18.2 Å². The second-order valence-electron chi connectivity index (χ2n) is 5.90. The number of piperidine rings is 3. The molecule has 1 amide bonds. The van der Waals surface area contributed by atoms with Crippen molar-refractivity contribution in [3.63, 3.8) is 0 Å². The number of nitrogens with one attached hydrogen (secondary N) is 1. The number of hydrogen-bond acceptors (Lipinski definition) is 4. The third kappa shape index (κ3) is 3.17. The van der Waals surface area contributed by atoms with Crippen molar-refractivity contribution in [2.45, 2.75) is 18.9 Å². The van der Waals surface area contributed by atoms with Crippen molar-refractivity contribution < 1.29 is 9.72 Å². The quantitative estimate of drug-likeness (QED) is 0.523. The Bertz CT molecular complexity index is 606. The fourth-order valence-corrected chi connectivity index (χ4v) is 3.32. The summed E-state index contributed by atoms with van der Waals surface area (Å²) >= 11 is 0. The number of para-hydroxylation sites is 1. The average molecular weight is 301 g/mol. The molecule has 3 aliphatic rings. The first-order valence-corrected chi connectivity index (χ1v) is 7.58. The molecule has 3 aliphatic heterocycles. The lowest BCUT2D eigenvalue weighted by molar-refractivity contribution is -0.385. The van der Waals surface area contributed by atoms with Crippen LogP contribution in [0.4, 0.5) is 5.69 Å². The summed E-state index contributed by atoms with van der Waals surface area (Å²) in [6.45, 7) is 3.17. The number of nitro groups is 1. The second-order valence-corrected chi connectivity index (χ2v) is 5.90. The first kappa shape index (κ1) is 14.7. The highest BCUT2D eigenvalue weighted by Gasteiger charge is 2.34. The largest absolute Gasteiger partial charge is 0.348 e. The van der Waals surface area contributed by atoms with Crippen LogP contribution in [0.2, 0.25) is 0 Å². The van der Waals surface area contributed by atoms with Gasteiger partial charge in [0, 0.05) is 24.7 Å². The van der Waals surface area contributed by atoms with Gasteiger partial charge in [0.1, 0.15) is 0 Å². The molecule has 1 N–H and O–H groups in total. The Labute approximate surface area is 129 Å². The van der Waals surface area contributed by atoms with Crippen molar-refractivity contribution in [1.82, 2.24) is 10.2 Å². The smallest absolute Gasteiger partial charge is 0.276 e. The SMILES string of the molecule is O=C(C=Cc1ccccc1[N+](=O)[O-])N[C@H]1CN2CCC1CC2. The van der Waals surface area contributed by atoms with Gasteiger partial charge in [0.2, 0.25) is 5.91 Å². The van der Waals surface area contributed by atoms with E-state index in [2.05, 4.69) is 10.2 Å². The van der Waals surface area contributed by atoms with Gasteiger partial charge in [0.25, 0.3) is 5.69 Å². The first-order valence-electron chi connectivity index (χ1n) is 7.58. The van der Waals surface area contributed by atoms with Gasteiger partial charge in [-0.25, -0.2) is 0 Å². The molecule has 0 spiro atoms. The van der Waals surface area contributed by atoms with E-state index in [4.69, 9.17) is 0 Å². The third-order valence-corrected chi connectivity index (χ3v) is 4.53. The van der Waals surface area contributed by atoms with E-state index >= 15 is 0 Å². The van der Waals surface area contributed by atoms with Crippen molar-refractivity contribution in [2.75, 3.05) is 19.6 Å². The molecule has 6 nitrogen and oxygen atoms in total. The Morgan fingerprint density at radius 3 is 2.68 bits per heavy atom. The third-order valence-electron chi connectivity index (χ3n) is 4.53. The monoisotopic (exact) mass is 301 g/mol. The number of carbonyl (C=O) groups excluding carboxylic acids is 1. The van der Waals surface area contributed by atoms with Gasteiger partial charge < -0.3 is 10.2 Å². The number of carbonyl (C=O) groups is 1. The summed E-state index contributed by atoms with van der Waals surface area (Å²) in [5, 5.41) is 14.0. The van der Waals surface area contributed by atoms with Crippen molar-refractivity contribution in [2.24, 2.45) is 5.92 Å². The molecule has 6 heteroatoms. The highest BCUT2D eigenvalue weighted by molar-refractivity contribution is 5.92. The number of benzene rings is 1. The Morgan fingerprint density at radius 2 is 2.05 bits per heavy atom. The van der Waals surface area contributed by atoms with Crippen molar-refractivity contribution in [1.29, 1.82) is 0 Å². The molecular formula is C16H19N3O3. The Morgan fingerprint density at radius 1 is 1.32 bits per heavy atom. The van der Waals surface area contributed by atoms with Crippen LogP contribution in [0, 0.1) is 16.0 Å². The topological polar surface area (TPSA) is 75.5 Å². The summed E-state index contributed by atoms with van der Waals surface area (Å²) < 4.78 is 0. The molecule has 1 aromatic rings. The van der Waals surface area contributed by atoms with E-state index in [-0.39, 0.29) is 17.6 Å². The highest BCUT2D eigenvalue weighted by atomic mass is 16.6. The number of nitro benzene ring substituents is 1. The number of fused-ring (bicyclic) bond motifs is 3. The molecule has 0 unspecified atom stereocenters. The molecule has 0 aliphatic carbocycles. The van der Waals surface area contributed by atoms with Crippen molar-refractivity contribution >= 4 is 17.7 Å². The van der Waals surface area contributed by atoms with Crippen LogP contribution >= 0.6 is 0 Å². The molecule has 3 saturated heterocycles. The maximum absolute atomic E-state index is 12.1. The Kier molecular flexibility index (Phi) is 4.20. The second kappa shape index (κ2) is 6.27. The number of amides is 1. The minimum atomic E-state index is -0.440. The summed E-state index contributed by atoms with van der Waals surface area (Å²) in [4.78, 5) is 24.9. The van der Waals surface area contributed by atoms with Crippen LogP contribution in [0.5, 0.6) is 0 Å². The summed E-state index contributed by atoms with van der Waals surface area (Å²) in [5.74, 6) is 0.380. The van der Waals surface area contributed by atoms with Gasteiger partial charge >= 0.3 is 0 Å². The normalized spacial score (nSPS) is 27.0. The highest BCUT2D eigenvalue weighted by Crippen LogP contribution is 2.27. The van der Waals surface area contributed by atoms with Crippen LogP contribution in [-0.2, 0) is 4.79 Å². The molecule has 1 atom stereocenters. The van der Waals surface area contributed by atoms with Crippen LogP contribution in [0.15, 0.2) is 30.3 Å². The lowest BCUT2D eigenvalue weighted by Gasteiger charge is -2.44. The van der Waals surface area contributed by atoms with E-state index in [1.165, 1.54) is 18.2 Å². The molecule has 0 aromatic heterocycles. The van der Waals surface area contributed by atoms with Gasteiger partial charge in [-0.3, -0.25) is 14.9 Å². The van der Waals surface area contributed by atoms with Crippen LogP contribution < -0.4 is 5.32 Å². The van der Waals surface area contributed by atoms with E-state index < -0.39 is 4.92 Å². The predicted molar refractivity (Wildman–Crippen MR) is 83.2 cm³/mol. The Hall–Kier alpha value is -2.21. The van der Waals surface area contributed by atoms with E-state index in [9.17, 15) is 14.9 Å². The number of hydrogen-bond donors (Lipinski definition) is 1. The molecule has 22 heavy (non-hydrogen) atoms. The molecule has 3 heterocycles. The minimum Gasteiger partial charge on any atom is -0.348 e. The molecule has 1 aromatic carbocycles. The van der Waals surface area contributed by atoms with Gasteiger partial charge in [0.05, 0.1) is 10.5 Å². The summed E-state index contributed by atoms with van der Waals surface area (Å²) in [7, 11) is 0. The van der Waals surface area contributed by atoms with E-state index in [0.717, 1.165) is 32.5 Å². The fraction of sp³-hybridized carbons (Fsp3) is 0.438. The minimum absolute atomic E-state index is 0.00869. The number of nitrogens with zero attached hydrogens (tertiary/aromatic N) is 2. The maximum atomic E-state index is 12.1. The molecule has 0 saturated carbocycles. The van der Waals surface area contributed by atoms with E-state index in [1.807, 2.05) is 0 Å². The molecule has 2 bridgehead atoms. The average Bonchev–Trinajstić information content (AvgIpc) is 2.54. The molecule has 3 fully saturated rings. The summed E-state index contributed by atoms with van der Waals surface area (Å²) in [5.41, 5.74) is 0.450. The predicted octanol–water partition coefficient (Wildman–Crippen LogP) is 1.82. The molecule has 0 radical (unpaired) electrons. The van der Waals surface area contributed by atoms with Gasteiger partial charge in [-0.2, -0.15) is 0 Å². The molecule has 116 valence electrons. The van der Waals surface area contributed by atoms with Crippen LogP contribution in [0.25, 0.3) is 6.08 Å². The summed E-state index contributed by atoms with van der Waals surface area (Å²) in [6, 6.07) is 6.60. The lowest BCUT2D eigenvalue weighted by atomic mass is 9.84. The standard InChI is InChI=1S/C16H19N3O3/c20-16(17-14-11-18-9-7-12(14)8-10-18)6-5-13-3-1-2-4-15(13)19(21)22/h1-6,12,14H,7-11H2,(H,17,20)/t14-/m0/s1. The number of rotatable bonds is 4. The summed E-state index contributed by atoms with van der Waals surface area (Å²) in [6.07, 6.45) is 5.17. The first-order chi connectivity index (χ1) is 10.6. The zero-order valence-electron chi connectivity index (χ0n) is 12.3.